The zero-order valence-electron chi connectivity index (χ0n) is 10.5. The molecule has 1 saturated heterocycles. The fraction of sp³-hybridized carbons (Fsp3) is 0.357. The third-order valence-corrected chi connectivity index (χ3v) is 2.86. The van der Waals surface area contributed by atoms with Crippen LogP contribution in [0.4, 0.5) is 0 Å². The molecule has 4 heteroatoms. The smallest absolute Gasteiger partial charge is 0.187 e. The van der Waals surface area contributed by atoms with Crippen LogP contribution < -0.4 is 4.74 Å². The molecule has 96 valence electrons. The molecule has 0 radical (unpaired) electrons. The maximum atomic E-state index is 11.9. The lowest BCUT2D eigenvalue weighted by atomic mass is 10.1. The van der Waals surface area contributed by atoms with E-state index < -0.39 is 0 Å². The van der Waals surface area contributed by atoms with Crippen LogP contribution in [0, 0.1) is 0 Å². The molecule has 1 fully saturated rings. The van der Waals surface area contributed by atoms with Gasteiger partial charge < -0.3 is 14.4 Å². The number of hydrogen-bond donors (Lipinski definition) is 0. The van der Waals surface area contributed by atoms with Gasteiger partial charge in [-0.15, -0.1) is 0 Å². The number of rotatable bonds is 4. The number of benzene rings is 1. The number of carbonyl (C=O) groups is 1. The minimum Gasteiger partial charge on any atom is -0.497 e. The van der Waals surface area contributed by atoms with Gasteiger partial charge in [0.05, 0.1) is 20.3 Å². The molecule has 1 aliphatic rings. The Bertz CT molecular complexity index is 419. The molecular weight excluding hydrogens is 230 g/mol. The fourth-order valence-electron chi connectivity index (χ4n) is 1.75. The first-order valence-electron chi connectivity index (χ1n) is 5.98. The lowest BCUT2D eigenvalue weighted by molar-refractivity contribution is 0.0591. The van der Waals surface area contributed by atoms with Gasteiger partial charge in [0.1, 0.15) is 5.75 Å². The van der Waals surface area contributed by atoms with Crippen molar-refractivity contribution in [2.75, 3.05) is 33.4 Å². The number of allylic oxidation sites excluding steroid dienone is 1. The van der Waals surface area contributed by atoms with Crippen molar-refractivity contribution in [2.45, 2.75) is 0 Å². The Kier molecular flexibility index (Phi) is 4.36. The first-order chi connectivity index (χ1) is 8.79. The monoisotopic (exact) mass is 247 g/mol. The maximum absolute atomic E-state index is 11.9. The fourth-order valence-corrected chi connectivity index (χ4v) is 1.75. The summed E-state index contributed by atoms with van der Waals surface area (Å²) in [4.78, 5) is 14.0. The van der Waals surface area contributed by atoms with E-state index in [2.05, 4.69) is 4.90 Å². The summed E-state index contributed by atoms with van der Waals surface area (Å²) in [7, 11) is 1.61. The van der Waals surface area contributed by atoms with Crippen LogP contribution in [-0.2, 0) is 4.74 Å². The van der Waals surface area contributed by atoms with Crippen molar-refractivity contribution in [3.63, 3.8) is 0 Å². The van der Waals surface area contributed by atoms with E-state index >= 15 is 0 Å². The van der Waals surface area contributed by atoms with Crippen molar-refractivity contribution in [3.8, 4) is 5.75 Å². The van der Waals surface area contributed by atoms with Crippen LogP contribution in [0.25, 0.3) is 0 Å². The van der Waals surface area contributed by atoms with Crippen LogP contribution in [0.2, 0.25) is 0 Å². The Labute approximate surface area is 107 Å². The van der Waals surface area contributed by atoms with Gasteiger partial charge in [-0.2, -0.15) is 0 Å². The van der Waals surface area contributed by atoms with E-state index in [0.717, 1.165) is 32.1 Å². The summed E-state index contributed by atoms with van der Waals surface area (Å²) >= 11 is 0. The predicted molar refractivity (Wildman–Crippen MR) is 68.9 cm³/mol. The van der Waals surface area contributed by atoms with Gasteiger partial charge in [-0.3, -0.25) is 4.79 Å². The Morgan fingerprint density at radius 1 is 1.28 bits per heavy atom. The van der Waals surface area contributed by atoms with E-state index in [4.69, 9.17) is 9.47 Å². The van der Waals surface area contributed by atoms with Crippen LogP contribution >= 0.6 is 0 Å². The molecule has 1 aliphatic heterocycles. The van der Waals surface area contributed by atoms with E-state index in [-0.39, 0.29) is 5.78 Å². The second-order valence-corrected chi connectivity index (χ2v) is 4.06. The maximum Gasteiger partial charge on any atom is 0.187 e. The van der Waals surface area contributed by atoms with E-state index in [9.17, 15) is 4.79 Å². The Morgan fingerprint density at radius 3 is 2.56 bits per heavy atom. The molecule has 0 unspecified atom stereocenters. The first-order valence-corrected chi connectivity index (χ1v) is 5.98. The quantitative estimate of drug-likeness (QED) is 0.600. The van der Waals surface area contributed by atoms with Gasteiger partial charge in [0.2, 0.25) is 0 Å². The molecule has 1 aromatic carbocycles. The van der Waals surface area contributed by atoms with Crippen molar-refractivity contribution in [2.24, 2.45) is 0 Å². The number of ether oxygens (including phenoxy) is 2. The van der Waals surface area contributed by atoms with Crippen LogP contribution in [0.15, 0.2) is 36.5 Å². The molecule has 0 saturated carbocycles. The number of nitrogens with zero attached hydrogens (tertiary/aromatic N) is 1. The Balaban J connectivity index is 1.95. The van der Waals surface area contributed by atoms with Gasteiger partial charge in [0, 0.05) is 30.9 Å². The van der Waals surface area contributed by atoms with Gasteiger partial charge >= 0.3 is 0 Å². The highest BCUT2D eigenvalue weighted by Gasteiger charge is 2.07. The largest absolute Gasteiger partial charge is 0.497 e. The molecule has 1 heterocycles. The molecule has 0 bridgehead atoms. The van der Waals surface area contributed by atoms with E-state index in [1.165, 1.54) is 0 Å². The number of methoxy groups -OCH3 is 1. The summed E-state index contributed by atoms with van der Waals surface area (Å²) in [5.74, 6) is 0.757. The average Bonchev–Trinajstić information content (AvgIpc) is 2.46. The minimum absolute atomic E-state index is 0.00384. The standard InChI is InChI=1S/C14H17NO3/c1-17-13-4-2-12(3-5-13)14(16)6-7-15-8-10-18-11-9-15/h2-7H,8-11H2,1H3. The van der Waals surface area contributed by atoms with Crippen molar-refractivity contribution in [1.29, 1.82) is 0 Å². The first kappa shape index (κ1) is 12.6. The topological polar surface area (TPSA) is 38.8 Å². The highest BCUT2D eigenvalue weighted by Crippen LogP contribution is 2.12. The van der Waals surface area contributed by atoms with Crippen LogP contribution in [0.3, 0.4) is 0 Å². The van der Waals surface area contributed by atoms with Gasteiger partial charge in [0.25, 0.3) is 0 Å². The van der Waals surface area contributed by atoms with Crippen molar-refractivity contribution in [1.82, 2.24) is 4.90 Å². The summed E-state index contributed by atoms with van der Waals surface area (Å²) in [5.41, 5.74) is 0.667. The Morgan fingerprint density at radius 2 is 1.94 bits per heavy atom. The average molecular weight is 247 g/mol. The lowest BCUT2D eigenvalue weighted by Crippen LogP contribution is -2.32. The molecular formula is C14H17NO3. The summed E-state index contributed by atoms with van der Waals surface area (Å²) in [6.07, 6.45) is 3.45. The number of carbonyl (C=O) groups excluding carboxylic acids is 1. The minimum atomic E-state index is 0.00384. The third kappa shape index (κ3) is 3.34. The molecule has 0 amide bonds. The van der Waals surface area contributed by atoms with Gasteiger partial charge in [-0.1, -0.05) is 0 Å². The second kappa shape index (κ2) is 6.21. The number of morpholine rings is 1. The molecule has 18 heavy (non-hydrogen) atoms. The normalized spacial score (nSPS) is 15.9. The van der Waals surface area contributed by atoms with Gasteiger partial charge in [-0.25, -0.2) is 0 Å². The zero-order valence-corrected chi connectivity index (χ0v) is 10.5. The summed E-state index contributed by atoms with van der Waals surface area (Å²) in [5, 5.41) is 0. The number of ketones is 1. The number of hydrogen-bond acceptors (Lipinski definition) is 4. The molecule has 2 rings (SSSR count). The highest BCUT2D eigenvalue weighted by atomic mass is 16.5. The zero-order chi connectivity index (χ0) is 12.8. The highest BCUT2D eigenvalue weighted by molar-refractivity contribution is 6.04. The summed E-state index contributed by atoms with van der Waals surface area (Å²) in [6, 6.07) is 7.11. The second-order valence-electron chi connectivity index (χ2n) is 4.06. The van der Waals surface area contributed by atoms with Crippen LogP contribution in [0.1, 0.15) is 10.4 Å². The summed E-state index contributed by atoms with van der Waals surface area (Å²) < 4.78 is 10.3. The summed E-state index contributed by atoms with van der Waals surface area (Å²) in [6.45, 7) is 3.13. The molecule has 1 aromatic rings. The SMILES string of the molecule is COc1ccc(C(=O)C=CN2CCOCC2)cc1. The van der Waals surface area contributed by atoms with Gasteiger partial charge in [-0.05, 0) is 24.3 Å². The van der Waals surface area contributed by atoms with E-state index in [1.807, 2.05) is 6.20 Å². The molecule has 0 spiro atoms. The van der Waals surface area contributed by atoms with E-state index in [1.54, 1.807) is 37.5 Å². The third-order valence-electron chi connectivity index (χ3n) is 2.86. The van der Waals surface area contributed by atoms with Crippen molar-refractivity contribution < 1.29 is 14.3 Å². The predicted octanol–water partition coefficient (Wildman–Crippen LogP) is 1.72. The van der Waals surface area contributed by atoms with Crippen LogP contribution in [0.5, 0.6) is 5.75 Å². The lowest BCUT2D eigenvalue weighted by Gasteiger charge is -2.24. The molecule has 0 aliphatic carbocycles. The van der Waals surface area contributed by atoms with Gasteiger partial charge in [0.15, 0.2) is 5.78 Å². The molecule has 4 nitrogen and oxygen atoms in total. The molecule has 0 aromatic heterocycles. The molecule has 0 N–H and O–H groups in total. The molecule has 0 atom stereocenters. The van der Waals surface area contributed by atoms with Crippen molar-refractivity contribution >= 4 is 5.78 Å². The van der Waals surface area contributed by atoms with Crippen LogP contribution in [-0.4, -0.2) is 44.1 Å². The van der Waals surface area contributed by atoms with E-state index in [0.29, 0.717) is 5.56 Å². The van der Waals surface area contributed by atoms with Crippen molar-refractivity contribution in [3.05, 3.63) is 42.1 Å². The Hall–Kier alpha value is -1.81.